The monoisotopic (exact) mass is 448 g/mol. The summed E-state index contributed by atoms with van der Waals surface area (Å²) in [6.45, 7) is 2.62. The molecule has 1 aliphatic rings. The number of nitrogens with one attached hydrogen (secondary N) is 1. The van der Waals surface area contributed by atoms with Crippen LogP contribution in [0.5, 0.6) is 5.75 Å². The van der Waals surface area contributed by atoms with Crippen LogP contribution in [0, 0.1) is 12.7 Å². The quantitative estimate of drug-likeness (QED) is 0.619. The van der Waals surface area contributed by atoms with Crippen molar-refractivity contribution in [1.82, 2.24) is 20.2 Å². The van der Waals surface area contributed by atoms with Crippen molar-refractivity contribution in [3.63, 3.8) is 0 Å². The number of amides is 2. The normalized spacial score (nSPS) is 15.4. The van der Waals surface area contributed by atoms with Crippen LogP contribution in [0.4, 0.5) is 4.39 Å². The summed E-state index contributed by atoms with van der Waals surface area (Å²) in [6, 6.07) is 12.8. The van der Waals surface area contributed by atoms with Gasteiger partial charge in [-0.25, -0.2) is 14.4 Å². The Hall–Kier alpha value is -3.81. The zero-order valence-corrected chi connectivity index (χ0v) is 18.5. The molecule has 0 radical (unpaired) electrons. The lowest BCUT2D eigenvalue weighted by molar-refractivity contribution is 0.0725. The number of ether oxygens (including phenoxy) is 1. The molecule has 1 N–H and O–H groups in total. The van der Waals surface area contributed by atoms with Crippen LogP contribution in [-0.4, -0.2) is 40.3 Å². The predicted molar refractivity (Wildman–Crippen MR) is 120 cm³/mol. The van der Waals surface area contributed by atoms with Gasteiger partial charge in [0.15, 0.2) is 5.82 Å². The van der Waals surface area contributed by atoms with E-state index in [0.717, 1.165) is 18.4 Å². The number of carbonyl (C=O) groups is 2. The Morgan fingerprint density at radius 3 is 2.64 bits per heavy atom. The molecule has 0 saturated carbocycles. The number of para-hydroxylation sites is 1. The summed E-state index contributed by atoms with van der Waals surface area (Å²) in [7, 11) is 1.54. The van der Waals surface area contributed by atoms with Crippen LogP contribution >= 0.6 is 0 Å². The third kappa shape index (κ3) is 4.84. The maximum Gasteiger partial charge on any atom is 0.258 e. The molecule has 8 heteroatoms. The number of likely N-dealkylation sites (tertiary alicyclic amines) is 1. The zero-order chi connectivity index (χ0) is 23.4. The van der Waals surface area contributed by atoms with Gasteiger partial charge in [0, 0.05) is 19.3 Å². The number of hydrogen-bond donors (Lipinski definition) is 1. The number of benzene rings is 2. The number of aryl methyl sites for hydroxylation is 1. The Bertz CT molecular complexity index is 1170. The number of carbonyl (C=O) groups excluding carboxylic acids is 2. The molecule has 7 nitrogen and oxygen atoms in total. The summed E-state index contributed by atoms with van der Waals surface area (Å²) in [4.78, 5) is 36.6. The summed E-state index contributed by atoms with van der Waals surface area (Å²) >= 11 is 0. The largest absolute Gasteiger partial charge is 0.496 e. The molecule has 2 amide bonds. The number of halogens is 1. The molecule has 4 rings (SSSR count). The second-order valence-electron chi connectivity index (χ2n) is 7.89. The van der Waals surface area contributed by atoms with E-state index < -0.39 is 0 Å². The molecule has 33 heavy (non-hydrogen) atoms. The summed E-state index contributed by atoms with van der Waals surface area (Å²) in [5, 5.41) is 2.81. The van der Waals surface area contributed by atoms with E-state index in [4.69, 9.17) is 4.74 Å². The van der Waals surface area contributed by atoms with Crippen LogP contribution in [0.1, 0.15) is 56.7 Å². The van der Waals surface area contributed by atoms with Crippen LogP contribution in [0.25, 0.3) is 0 Å². The standard InChI is InChI=1S/C25H25FN4O3/c1-16-20(24(31)28-14-17-9-11-18(26)12-10-17)15-27-23(29-16)21-7-5-13-30(21)25(32)19-6-3-4-8-22(19)33-2/h3-4,6,8-12,15,21H,5,7,13-14H2,1-2H3,(H,28,31). The highest BCUT2D eigenvalue weighted by atomic mass is 19.1. The summed E-state index contributed by atoms with van der Waals surface area (Å²) in [5.74, 6) is 0.283. The van der Waals surface area contributed by atoms with Crippen molar-refractivity contribution in [1.29, 1.82) is 0 Å². The van der Waals surface area contributed by atoms with Crippen molar-refractivity contribution >= 4 is 11.8 Å². The first kappa shape index (κ1) is 22.4. The number of hydrogen-bond acceptors (Lipinski definition) is 5. The minimum atomic E-state index is -0.324. The Kier molecular flexibility index (Phi) is 6.63. The maximum atomic E-state index is 13.2. The van der Waals surface area contributed by atoms with Gasteiger partial charge in [-0.05, 0) is 49.6 Å². The van der Waals surface area contributed by atoms with Crippen molar-refractivity contribution in [3.05, 3.63) is 88.8 Å². The highest BCUT2D eigenvalue weighted by Crippen LogP contribution is 2.33. The Balaban J connectivity index is 1.49. The van der Waals surface area contributed by atoms with Crippen molar-refractivity contribution in [3.8, 4) is 5.75 Å². The summed E-state index contributed by atoms with van der Waals surface area (Å²) in [5.41, 5.74) is 2.19. The SMILES string of the molecule is COc1ccccc1C(=O)N1CCCC1c1ncc(C(=O)NCc2ccc(F)cc2)c(C)n1. The Morgan fingerprint density at radius 1 is 1.15 bits per heavy atom. The van der Waals surface area contributed by atoms with Crippen LogP contribution in [-0.2, 0) is 6.54 Å². The van der Waals surface area contributed by atoms with E-state index in [-0.39, 0.29) is 30.2 Å². The van der Waals surface area contributed by atoms with Gasteiger partial charge in [-0.3, -0.25) is 9.59 Å². The number of rotatable bonds is 6. The minimum absolute atomic E-state index is 0.127. The second-order valence-corrected chi connectivity index (χ2v) is 7.89. The number of methoxy groups -OCH3 is 1. The van der Waals surface area contributed by atoms with E-state index in [1.165, 1.54) is 18.3 Å². The van der Waals surface area contributed by atoms with E-state index in [1.54, 1.807) is 49.3 Å². The molecule has 0 bridgehead atoms. The molecule has 0 spiro atoms. The molecule has 2 heterocycles. The van der Waals surface area contributed by atoms with Crippen molar-refractivity contribution in [2.24, 2.45) is 0 Å². The molecule has 1 aromatic heterocycles. The first-order chi connectivity index (χ1) is 16.0. The van der Waals surface area contributed by atoms with E-state index >= 15 is 0 Å². The molecular weight excluding hydrogens is 423 g/mol. The molecule has 2 aromatic carbocycles. The van der Waals surface area contributed by atoms with Gasteiger partial charge in [-0.15, -0.1) is 0 Å². The van der Waals surface area contributed by atoms with E-state index in [0.29, 0.717) is 34.9 Å². The maximum absolute atomic E-state index is 13.2. The van der Waals surface area contributed by atoms with E-state index in [9.17, 15) is 14.0 Å². The van der Waals surface area contributed by atoms with Crippen LogP contribution in [0.3, 0.4) is 0 Å². The zero-order valence-electron chi connectivity index (χ0n) is 18.5. The van der Waals surface area contributed by atoms with Crippen molar-refractivity contribution in [2.45, 2.75) is 32.4 Å². The third-order valence-electron chi connectivity index (χ3n) is 5.76. The topological polar surface area (TPSA) is 84.4 Å². The molecule has 0 aliphatic carbocycles. The fourth-order valence-corrected chi connectivity index (χ4v) is 4.00. The minimum Gasteiger partial charge on any atom is -0.496 e. The highest BCUT2D eigenvalue weighted by molar-refractivity contribution is 5.97. The average molecular weight is 448 g/mol. The predicted octanol–water partition coefficient (Wildman–Crippen LogP) is 3.84. The van der Waals surface area contributed by atoms with E-state index in [1.807, 2.05) is 6.07 Å². The molecule has 1 aliphatic heterocycles. The van der Waals surface area contributed by atoms with Gasteiger partial charge in [0.25, 0.3) is 11.8 Å². The van der Waals surface area contributed by atoms with Crippen molar-refractivity contribution < 1.29 is 18.7 Å². The third-order valence-corrected chi connectivity index (χ3v) is 5.76. The lowest BCUT2D eigenvalue weighted by Crippen LogP contribution is -2.32. The van der Waals surface area contributed by atoms with Gasteiger partial charge in [0.05, 0.1) is 30.0 Å². The molecular formula is C25H25FN4O3. The molecule has 1 saturated heterocycles. The summed E-state index contributed by atoms with van der Waals surface area (Å²) in [6.07, 6.45) is 3.09. The fraction of sp³-hybridized carbons (Fsp3) is 0.280. The highest BCUT2D eigenvalue weighted by Gasteiger charge is 2.34. The number of aromatic nitrogens is 2. The van der Waals surface area contributed by atoms with Gasteiger partial charge in [-0.1, -0.05) is 24.3 Å². The average Bonchev–Trinajstić information content (AvgIpc) is 3.33. The molecule has 170 valence electrons. The van der Waals surface area contributed by atoms with Crippen LogP contribution in [0.2, 0.25) is 0 Å². The van der Waals surface area contributed by atoms with Gasteiger partial charge < -0.3 is 15.0 Å². The first-order valence-electron chi connectivity index (χ1n) is 10.8. The number of nitrogens with zero attached hydrogens (tertiary/aromatic N) is 3. The van der Waals surface area contributed by atoms with E-state index in [2.05, 4.69) is 15.3 Å². The van der Waals surface area contributed by atoms with Gasteiger partial charge >= 0.3 is 0 Å². The first-order valence-corrected chi connectivity index (χ1v) is 10.8. The van der Waals surface area contributed by atoms with Crippen LogP contribution in [0.15, 0.2) is 54.7 Å². The molecule has 1 fully saturated rings. The Labute approximate surface area is 191 Å². The smallest absolute Gasteiger partial charge is 0.258 e. The van der Waals surface area contributed by atoms with Crippen LogP contribution < -0.4 is 10.1 Å². The molecule has 3 aromatic rings. The molecule has 1 unspecified atom stereocenters. The van der Waals surface area contributed by atoms with Crippen molar-refractivity contribution in [2.75, 3.05) is 13.7 Å². The van der Waals surface area contributed by atoms with Gasteiger partial charge in [0.1, 0.15) is 11.6 Å². The lowest BCUT2D eigenvalue weighted by atomic mass is 10.1. The Morgan fingerprint density at radius 2 is 1.91 bits per heavy atom. The lowest BCUT2D eigenvalue weighted by Gasteiger charge is -2.24. The second kappa shape index (κ2) is 9.77. The fourth-order valence-electron chi connectivity index (χ4n) is 4.00. The summed E-state index contributed by atoms with van der Waals surface area (Å²) < 4.78 is 18.4. The molecule has 1 atom stereocenters. The van der Waals surface area contributed by atoms with Gasteiger partial charge in [-0.2, -0.15) is 0 Å². The van der Waals surface area contributed by atoms with Gasteiger partial charge in [0.2, 0.25) is 0 Å².